The molecule has 2 rings (SSSR count). The van der Waals surface area contributed by atoms with Crippen LogP contribution in [-0.2, 0) is 9.47 Å². The average molecular weight is 287 g/mol. The van der Waals surface area contributed by atoms with Gasteiger partial charge in [0.15, 0.2) is 0 Å². The first kappa shape index (κ1) is 15.2. The van der Waals surface area contributed by atoms with E-state index >= 15 is 0 Å². The van der Waals surface area contributed by atoms with E-state index in [0.717, 1.165) is 24.3 Å². The molecule has 112 valence electrons. The van der Waals surface area contributed by atoms with Crippen molar-refractivity contribution in [3.05, 3.63) is 53.4 Å². The van der Waals surface area contributed by atoms with E-state index in [1.165, 1.54) is 5.57 Å². The highest BCUT2D eigenvalue weighted by molar-refractivity contribution is 5.89. The van der Waals surface area contributed by atoms with E-state index in [2.05, 4.69) is 11.4 Å². The summed E-state index contributed by atoms with van der Waals surface area (Å²) in [5.41, 5.74) is 2.69. The van der Waals surface area contributed by atoms with Crippen LogP contribution in [0.3, 0.4) is 0 Å². The van der Waals surface area contributed by atoms with Crippen molar-refractivity contribution >= 4 is 11.7 Å². The highest BCUT2D eigenvalue weighted by atomic mass is 16.5. The molecule has 0 aliphatic carbocycles. The van der Waals surface area contributed by atoms with Crippen molar-refractivity contribution in [2.45, 2.75) is 26.7 Å². The Labute approximate surface area is 125 Å². The number of hydrogen-bond acceptors (Lipinski definition) is 4. The fourth-order valence-electron chi connectivity index (χ4n) is 1.87. The van der Waals surface area contributed by atoms with Crippen LogP contribution in [0.15, 0.2) is 47.9 Å². The van der Waals surface area contributed by atoms with Gasteiger partial charge in [-0.15, -0.1) is 0 Å². The van der Waals surface area contributed by atoms with E-state index in [1.807, 2.05) is 32.2 Å². The van der Waals surface area contributed by atoms with Gasteiger partial charge in [0.1, 0.15) is 6.61 Å². The first-order chi connectivity index (χ1) is 10.2. The molecule has 0 aromatic heterocycles. The maximum atomic E-state index is 11.7. The minimum Gasteiger partial charge on any atom is -0.494 e. The smallest absolute Gasteiger partial charge is 0.338 e. The van der Waals surface area contributed by atoms with Gasteiger partial charge in [-0.25, -0.2) is 4.79 Å². The summed E-state index contributed by atoms with van der Waals surface area (Å²) in [5.74, 6) is 0.699. The first-order valence-electron chi connectivity index (χ1n) is 7.20. The van der Waals surface area contributed by atoms with E-state index < -0.39 is 0 Å². The van der Waals surface area contributed by atoms with Crippen LogP contribution in [-0.4, -0.2) is 19.2 Å². The van der Waals surface area contributed by atoms with Gasteiger partial charge < -0.3 is 14.8 Å². The van der Waals surface area contributed by atoms with Crippen molar-refractivity contribution in [1.29, 1.82) is 0 Å². The van der Waals surface area contributed by atoms with Crippen molar-refractivity contribution in [2.75, 3.05) is 18.5 Å². The number of allylic oxidation sites excluding steroid dienone is 2. The van der Waals surface area contributed by atoms with Gasteiger partial charge in [0.05, 0.1) is 17.9 Å². The summed E-state index contributed by atoms with van der Waals surface area (Å²) in [5, 5.41) is 3.22. The van der Waals surface area contributed by atoms with Crippen molar-refractivity contribution in [3.8, 4) is 0 Å². The minimum atomic E-state index is -0.275. The predicted molar refractivity (Wildman–Crippen MR) is 83.0 cm³/mol. The molecule has 1 aliphatic heterocycles. The fraction of sp³-hybridized carbons (Fsp3) is 0.353. The Hall–Kier alpha value is -2.23. The molecular formula is C17H21NO3. The molecule has 4 nitrogen and oxygen atoms in total. The van der Waals surface area contributed by atoms with Gasteiger partial charge in [-0.2, -0.15) is 0 Å². The van der Waals surface area contributed by atoms with Crippen LogP contribution in [0.5, 0.6) is 0 Å². The van der Waals surface area contributed by atoms with E-state index in [9.17, 15) is 4.79 Å². The Morgan fingerprint density at radius 2 is 2.14 bits per heavy atom. The Balaban J connectivity index is 1.91. The van der Waals surface area contributed by atoms with E-state index in [0.29, 0.717) is 18.8 Å². The Bertz CT molecular complexity index is 544. The number of anilines is 1. The molecule has 1 aromatic rings. The Morgan fingerprint density at radius 3 is 2.76 bits per heavy atom. The summed E-state index contributed by atoms with van der Waals surface area (Å²) < 4.78 is 10.5. The number of carbonyl (C=O) groups is 1. The van der Waals surface area contributed by atoms with Gasteiger partial charge in [-0.05, 0) is 55.7 Å². The third kappa shape index (κ3) is 4.67. The summed E-state index contributed by atoms with van der Waals surface area (Å²) in [4.78, 5) is 11.7. The molecule has 0 unspecified atom stereocenters. The number of nitrogens with one attached hydrogen (secondary N) is 1. The predicted octanol–water partition coefficient (Wildman–Crippen LogP) is 3.87. The normalized spacial score (nSPS) is 16.1. The van der Waals surface area contributed by atoms with Crippen LogP contribution >= 0.6 is 0 Å². The fourth-order valence-corrected chi connectivity index (χ4v) is 1.87. The maximum absolute atomic E-state index is 11.7. The van der Waals surface area contributed by atoms with Crippen LogP contribution in [0.1, 0.15) is 37.0 Å². The molecule has 0 atom stereocenters. The standard InChI is InChI=1S/C17H21NO3/c1-3-10-20-17(19)15-6-8-16(9-7-15)18-11-14-5-4-13(2)21-12-14/h4,6-9,11,18H,3,5,10,12H2,1-2H3. The molecule has 1 aromatic carbocycles. The lowest BCUT2D eigenvalue weighted by Gasteiger charge is -2.15. The van der Waals surface area contributed by atoms with Gasteiger partial charge in [0, 0.05) is 11.9 Å². The molecule has 0 saturated carbocycles. The average Bonchev–Trinajstić information content (AvgIpc) is 2.52. The van der Waals surface area contributed by atoms with Gasteiger partial charge in [0.2, 0.25) is 0 Å². The molecule has 1 aliphatic rings. The lowest BCUT2D eigenvalue weighted by Crippen LogP contribution is -2.06. The molecule has 1 heterocycles. The number of carbonyl (C=O) groups excluding carboxylic acids is 1. The molecule has 0 radical (unpaired) electrons. The SMILES string of the molecule is CCCOC(=O)c1ccc(NC=C2CC=C(C)OC2)cc1. The number of hydrogen-bond donors (Lipinski definition) is 1. The molecule has 0 saturated heterocycles. The molecule has 0 fully saturated rings. The summed E-state index contributed by atoms with van der Waals surface area (Å²) in [6, 6.07) is 7.26. The van der Waals surface area contributed by atoms with Crippen LogP contribution in [0, 0.1) is 0 Å². The highest BCUT2D eigenvalue weighted by Gasteiger charge is 2.07. The zero-order chi connectivity index (χ0) is 15.1. The minimum absolute atomic E-state index is 0.275. The number of benzene rings is 1. The molecule has 0 spiro atoms. The Morgan fingerprint density at radius 1 is 1.38 bits per heavy atom. The van der Waals surface area contributed by atoms with Crippen molar-refractivity contribution in [1.82, 2.24) is 0 Å². The van der Waals surface area contributed by atoms with E-state index in [-0.39, 0.29) is 5.97 Å². The van der Waals surface area contributed by atoms with Crippen molar-refractivity contribution < 1.29 is 14.3 Å². The number of ether oxygens (including phenoxy) is 2. The summed E-state index contributed by atoms with van der Waals surface area (Å²) in [7, 11) is 0. The molecule has 1 N–H and O–H groups in total. The molecule has 0 amide bonds. The molecule has 0 bridgehead atoms. The first-order valence-corrected chi connectivity index (χ1v) is 7.20. The van der Waals surface area contributed by atoms with Crippen LogP contribution in [0.25, 0.3) is 0 Å². The second kappa shape index (κ2) is 7.53. The van der Waals surface area contributed by atoms with Gasteiger partial charge in [-0.1, -0.05) is 6.92 Å². The van der Waals surface area contributed by atoms with Gasteiger partial charge >= 0.3 is 5.97 Å². The molecule has 4 heteroatoms. The van der Waals surface area contributed by atoms with Gasteiger partial charge in [-0.3, -0.25) is 0 Å². The monoisotopic (exact) mass is 287 g/mol. The van der Waals surface area contributed by atoms with Crippen LogP contribution < -0.4 is 5.32 Å². The van der Waals surface area contributed by atoms with E-state index in [1.54, 1.807) is 12.1 Å². The summed E-state index contributed by atoms with van der Waals surface area (Å²) in [6.45, 7) is 5.01. The Kier molecular flexibility index (Phi) is 5.43. The lowest BCUT2D eigenvalue weighted by molar-refractivity contribution is 0.0505. The third-order valence-electron chi connectivity index (χ3n) is 3.14. The third-order valence-corrected chi connectivity index (χ3v) is 3.14. The van der Waals surface area contributed by atoms with Gasteiger partial charge in [0.25, 0.3) is 0 Å². The zero-order valence-electron chi connectivity index (χ0n) is 12.5. The van der Waals surface area contributed by atoms with Crippen LogP contribution in [0.4, 0.5) is 5.69 Å². The van der Waals surface area contributed by atoms with Crippen molar-refractivity contribution in [3.63, 3.8) is 0 Å². The highest BCUT2D eigenvalue weighted by Crippen LogP contribution is 2.16. The zero-order valence-corrected chi connectivity index (χ0v) is 12.5. The summed E-state index contributed by atoms with van der Waals surface area (Å²) >= 11 is 0. The quantitative estimate of drug-likeness (QED) is 0.835. The van der Waals surface area contributed by atoms with Crippen molar-refractivity contribution in [2.24, 2.45) is 0 Å². The molecular weight excluding hydrogens is 266 g/mol. The van der Waals surface area contributed by atoms with Crippen LogP contribution in [0.2, 0.25) is 0 Å². The lowest BCUT2D eigenvalue weighted by atomic mass is 10.1. The van der Waals surface area contributed by atoms with E-state index in [4.69, 9.17) is 9.47 Å². The molecule has 21 heavy (non-hydrogen) atoms. The number of rotatable bonds is 5. The largest absolute Gasteiger partial charge is 0.494 e. The topological polar surface area (TPSA) is 47.6 Å². The second-order valence-corrected chi connectivity index (χ2v) is 4.97. The maximum Gasteiger partial charge on any atom is 0.338 e. The summed E-state index contributed by atoms with van der Waals surface area (Å²) in [6.07, 6.45) is 5.74. The number of esters is 1. The second-order valence-electron chi connectivity index (χ2n) is 4.97.